The van der Waals surface area contributed by atoms with E-state index in [2.05, 4.69) is 54.6 Å². The molecule has 0 bridgehead atoms. The molecule has 9 aromatic rings. The molecule has 6 heteroatoms. The summed E-state index contributed by atoms with van der Waals surface area (Å²) in [6.45, 7) is 0. The molecule has 7 aromatic carbocycles. The molecule has 0 aliphatic heterocycles. The minimum absolute atomic E-state index is 0.557. The third-order valence-corrected chi connectivity index (χ3v) is 9.41. The molecule has 0 aliphatic carbocycles. The normalized spacial score (nSPS) is 10.9. The van der Waals surface area contributed by atoms with Gasteiger partial charge in [0, 0.05) is 33.2 Å². The van der Waals surface area contributed by atoms with Crippen LogP contribution in [0.5, 0.6) is 0 Å². The Morgan fingerprint density at radius 1 is 0.333 bits per heavy atom. The molecule has 0 aliphatic rings. The van der Waals surface area contributed by atoms with Gasteiger partial charge in [-0.15, -0.1) is 0 Å². The predicted molar refractivity (Wildman–Crippen MR) is 216 cm³/mol. The van der Waals surface area contributed by atoms with Gasteiger partial charge >= 0.3 is 0 Å². The van der Waals surface area contributed by atoms with E-state index in [1.165, 1.54) is 0 Å². The molecule has 0 saturated heterocycles. The van der Waals surface area contributed by atoms with Gasteiger partial charge in [0.2, 0.25) is 0 Å². The quantitative estimate of drug-likeness (QED) is 0.165. The Kier molecular flexibility index (Phi) is 8.48. The lowest BCUT2D eigenvalue weighted by molar-refractivity contribution is 1.07. The molecule has 0 spiro atoms. The van der Waals surface area contributed by atoms with Crippen LogP contribution in [0, 0.1) is 11.3 Å². The zero-order valence-corrected chi connectivity index (χ0v) is 29.0. The van der Waals surface area contributed by atoms with Crippen molar-refractivity contribution in [2.75, 3.05) is 0 Å². The van der Waals surface area contributed by atoms with Gasteiger partial charge in [0.25, 0.3) is 0 Å². The van der Waals surface area contributed by atoms with Crippen LogP contribution < -0.4 is 0 Å². The van der Waals surface area contributed by atoms with Crippen molar-refractivity contribution in [3.63, 3.8) is 0 Å². The van der Waals surface area contributed by atoms with E-state index in [0.29, 0.717) is 28.9 Å². The molecule has 0 N–H and O–H groups in total. The number of para-hydroxylation sites is 1. The molecule has 6 nitrogen and oxygen atoms in total. The number of benzene rings is 7. The van der Waals surface area contributed by atoms with Crippen LogP contribution >= 0.6 is 0 Å². The fourth-order valence-electron chi connectivity index (χ4n) is 6.75. The van der Waals surface area contributed by atoms with Gasteiger partial charge in [0.15, 0.2) is 23.3 Å². The number of nitriles is 1. The molecule has 54 heavy (non-hydrogen) atoms. The van der Waals surface area contributed by atoms with Gasteiger partial charge in [-0.25, -0.2) is 24.9 Å². The van der Waals surface area contributed by atoms with Gasteiger partial charge in [-0.3, -0.25) is 0 Å². The van der Waals surface area contributed by atoms with Gasteiger partial charge in [0.05, 0.1) is 22.8 Å². The molecule has 9 rings (SSSR count). The monoisotopic (exact) mass is 690 g/mol. The highest BCUT2D eigenvalue weighted by molar-refractivity contribution is 5.96. The fraction of sp³-hybridized carbons (Fsp3) is 0. The number of nitrogens with zero attached hydrogens (tertiary/aromatic N) is 6. The molecule has 2 aromatic heterocycles. The molecular formula is C48H30N6. The second kappa shape index (κ2) is 14.2. The standard InChI is InChI=1S/C48H30N6/c49-31-32-24-26-33(27-25-32)38-29-28-37(47-53-45(35-16-6-2-7-17-35)52-46(54-47)36-18-8-3-9-19-36)30-42(38)39-20-10-11-21-40(39)48-50-43-23-13-12-22-41(43)44(51-48)34-14-4-1-5-15-34/h1-30H. The smallest absolute Gasteiger partial charge is 0.164 e. The van der Waals surface area contributed by atoms with Crippen molar-refractivity contribution < 1.29 is 0 Å². The van der Waals surface area contributed by atoms with Gasteiger partial charge in [-0.2, -0.15) is 5.26 Å². The third kappa shape index (κ3) is 6.27. The maximum absolute atomic E-state index is 9.56. The lowest BCUT2D eigenvalue weighted by atomic mass is 9.89. The zero-order chi connectivity index (χ0) is 36.3. The first-order valence-electron chi connectivity index (χ1n) is 17.7. The first kappa shape index (κ1) is 32.3. The summed E-state index contributed by atoms with van der Waals surface area (Å²) in [7, 11) is 0. The van der Waals surface area contributed by atoms with Crippen molar-refractivity contribution in [2.45, 2.75) is 0 Å². The van der Waals surface area contributed by atoms with Crippen molar-refractivity contribution >= 4 is 10.9 Å². The van der Waals surface area contributed by atoms with Crippen LogP contribution in [0.25, 0.3) is 90.0 Å². The van der Waals surface area contributed by atoms with E-state index in [4.69, 9.17) is 24.9 Å². The summed E-state index contributed by atoms with van der Waals surface area (Å²) >= 11 is 0. The van der Waals surface area contributed by atoms with Crippen LogP contribution in [-0.4, -0.2) is 24.9 Å². The molecular weight excluding hydrogens is 661 g/mol. The topological polar surface area (TPSA) is 88.2 Å². The van der Waals surface area contributed by atoms with Gasteiger partial charge in [-0.05, 0) is 46.5 Å². The van der Waals surface area contributed by atoms with Crippen LogP contribution in [0.3, 0.4) is 0 Å². The highest BCUT2D eigenvalue weighted by Crippen LogP contribution is 2.41. The largest absolute Gasteiger partial charge is 0.228 e. The summed E-state index contributed by atoms with van der Waals surface area (Å²) in [4.78, 5) is 25.4. The summed E-state index contributed by atoms with van der Waals surface area (Å²) < 4.78 is 0. The van der Waals surface area contributed by atoms with Crippen LogP contribution in [0.4, 0.5) is 0 Å². The Morgan fingerprint density at radius 2 is 0.852 bits per heavy atom. The van der Waals surface area contributed by atoms with E-state index in [0.717, 1.165) is 66.7 Å². The second-order valence-corrected chi connectivity index (χ2v) is 12.8. The number of rotatable bonds is 7. The summed E-state index contributed by atoms with van der Waals surface area (Å²) in [5.41, 5.74) is 10.8. The van der Waals surface area contributed by atoms with E-state index in [1.807, 2.05) is 133 Å². The average molecular weight is 691 g/mol. The summed E-state index contributed by atoms with van der Waals surface area (Å²) in [6.07, 6.45) is 0. The lowest BCUT2D eigenvalue weighted by Gasteiger charge is -2.17. The number of hydrogen-bond acceptors (Lipinski definition) is 6. The maximum atomic E-state index is 9.56. The zero-order valence-electron chi connectivity index (χ0n) is 29.0. The molecule has 0 radical (unpaired) electrons. The minimum atomic E-state index is 0.557. The van der Waals surface area contributed by atoms with E-state index in [-0.39, 0.29) is 0 Å². The Balaban J connectivity index is 1.28. The first-order valence-corrected chi connectivity index (χ1v) is 17.7. The fourth-order valence-corrected chi connectivity index (χ4v) is 6.75. The van der Waals surface area contributed by atoms with E-state index < -0.39 is 0 Å². The summed E-state index contributed by atoms with van der Waals surface area (Å²) in [5, 5.41) is 10.6. The van der Waals surface area contributed by atoms with Crippen molar-refractivity contribution in [3.8, 4) is 85.1 Å². The second-order valence-electron chi connectivity index (χ2n) is 12.8. The summed E-state index contributed by atoms with van der Waals surface area (Å²) in [5.74, 6) is 2.37. The molecule has 0 fully saturated rings. The van der Waals surface area contributed by atoms with E-state index >= 15 is 0 Å². The SMILES string of the molecule is N#Cc1ccc(-c2ccc(-c3nc(-c4ccccc4)nc(-c4ccccc4)n3)cc2-c2ccccc2-c2nc(-c3ccccc3)c3ccccc3n2)cc1. The van der Waals surface area contributed by atoms with E-state index in [1.54, 1.807) is 0 Å². The molecule has 0 atom stereocenters. The van der Waals surface area contributed by atoms with Gasteiger partial charge in [-0.1, -0.05) is 158 Å². The Bertz CT molecular complexity index is 2760. The minimum Gasteiger partial charge on any atom is -0.228 e. The van der Waals surface area contributed by atoms with Crippen LogP contribution in [0.2, 0.25) is 0 Å². The molecule has 0 unspecified atom stereocenters. The van der Waals surface area contributed by atoms with E-state index in [9.17, 15) is 5.26 Å². The van der Waals surface area contributed by atoms with Crippen molar-refractivity contribution in [1.29, 1.82) is 5.26 Å². The highest BCUT2D eigenvalue weighted by Gasteiger charge is 2.20. The Morgan fingerprint density at radius 3 is 1.48 bits per heavy atom. The van der Waals surface area contributed by atoms with Crippen LogP contribution in [0.1, 0.15) is 5.56 Å². The van der Waals surface area contributed by atoms with Gasteiger partial charge in [0.1, 0.15) is 0 Å². The van der Waals surface area contributed by atoms with Crippen LogP contribution in [-0.2, 0) is 0 Å². The number of aromatic nitrogens is 5. The summed E-state index contributed by atoms with van der Waals surface area (Å²) in [6, 6.07) is 62.8. The Labute approximate surface area is 312 Å². The predicted octanol–water partition coefficient (Wildman–Crippen LogP) is 11.4. The van der Waals surface area contributed by atoms with Crippen molar-refractivity contribution in [1.82, 2.24) is 24.9 Å². The maximum Gasteiger partial charge on any atom is 0.164 e. The van der Waals surface area contributed by atoms with Gasteiger partial charge < -0.3 is 0 Å². The third-order valence-electron chi connectivity index (χ3n) is 9.41. The van der Waals surface area contributed by atoms with Crippen molar-refractivity contribution in [2.24, 2.45) is 0 Å². The Hall–Kier alpha value is -7.62. The van der Waals surface area contributed by atoms with Crippen molar-refractivity contribution in [3.05, 3.63) is 188 Å². The molecule has 0 saturated carbocycles. The molecule has 2 heterocycles. The number of hydrogen-bond donors (Lipinski definition) is 0. The number of fused-ring (bicyclic) bond motifs is 1. The lowest BCUT2D eigenvalue weighted by Crippen LogP contribution is -2.01. The highest BCUT2D eigenvalue weighted by atomic mass is 15.0. The van der Waals surface area contributed by atoms with Crippen LogP contribution in [0.15, 0.2) is 182 Å². The first-order chi connectivity index (χ1) is 26.7. The average Bonchev–Trinajstić information content (AvgIpc) is 3.26. The molecule has 252 valence electrons. The molecule has 0 amide bonds.